The van der Waals surface area contributed by atoms with Gasteiger partial charge in [0.1, 0.15) is 11.4 Å². The maximum absolute atomic E-state index is 12.1. The van der Waals surface area contributed by atoms with Crippen LogP contribution >= 0.6 is 0 Å². The summed E-state index contributed by atoms with van der Waals surface area (Å²) < 4.78 is 10.9. The van der Waals surface area contributed by atoms with Gasteiger partial charge in [-0.1, -0.05) is 12.1 Å². The molecule has 0 radical (unpaired) electrons. The van der Waals surface area contributed by atoms with Gasteiger partial charge in [-0.3, -0.25) is 0 Å². The lowest BCUT2D eigenvalue weighted by atomic mass is 9.95. The minimum Gasteiger partial charge on any atom is -0.494 e. The van der Waals surface area contributed by atoms with E-state index in [-0.39, 0.29) is 12.0 Å². The number of amides is 1. The Balaban J connectivity index is 1.98. The highest BCUT2D eigenvalue weighted by atomic mass is 16.6. The Morgan fingerprint density at radius 2 is 2.17 bits per heavy atom. The van der Waals surface area contributed by atoms with Gasteiger partial charge in [-0.05, 0) is 51.8 Å². The second-order valence-electron chi connectivity index (χ2n) is 6.93. The van der Waals surface area contributed by atoms with E-state index in [1.54, 1.807) is 4.90 Å². The molecule has 5 nitrogen and oxygen atoms in total. The van der Waals surface area contributed by atoms with Crippen LogP contribution in [0.2, 0.25) is 0 Å². The average Bonchev–Trinajstić information content (AvgIpc) is 2.95. The molecule has 2 rings (SSSR count). The summed E-state index contributed by atoms with van der Waals surface area (Å²) in [6.45, 7) is 9.20. The van der Waals surface area contributed by atoms with Crippen LogP contribution in [0, 0.1) is 5.92 Å². The molecule has 1 N–H and O–H groups in total. The summed E-state index contributed by atoms with van der Waals surface area (Å²) >= 11 is 0. The molecule has 0 saturated carbocycles. The number of carbonyl (C=O) groups is 1. The molecule has 2 atom stereocenters. The molecule has 2 unspecified atom stereocenters. The Morgan fingerprint density at radius 1 is 1.43 bits per heavy atom. The summed E-state index contributed by atoms with van der Waals surface area (Å²) in [5.41, 5.74) is 0.326. The van der Waals surface area contributed by atoms with Crippen LogP contribution in [0.4, 0.5) is 4.79 Å². The number of likely N-dealkylation sites (tertiary alicyclic amines) is 1. The zero-order valence-electron chi connectivity index (χ0n) is 14.4. The zero-order chi connectivity index (χ0) is 17.0. The van der Waals surface area contributed by atoms with E-state index in [0.717, 1.165) is 17.7 Å². The molecule has 0 bridgehead atoms. The molecule has 1 saturated heterocycles. The maximum Gasteiger partial charge on any atom is 0.410 e. The number of benzene rings is 1. The molecular formula is C18H27NO4. The van der Waals surface area contributed by atoms with Crippen molar-refractivity contribution in [3.05, 3.63) is 29.8 Å². The Labute approximate surface area is 138 Å². The van der Waals surface area contributed by atoms with Crippen LogP contribution in [-0.4, -0.2) is 41.4 Å². The van der Waals surface area contributed by atoms with Crippen molar-refractivity contribution < 1.29 is 19.4 Å². The van der Waals surface area contributed by atoms with Gasteiger partial charge in [-0.2, -0.15) is 0 Å². The first kappa shape index (κ1) is 17.6. The standard InChI is InChI=1S/C18H27NO4/c1-5-22-15-8-6-7-13(11-15)16(20)14-9-10-19(12-14)17(21)23-18(2,3)4/h6-8,11,14,16,20H,5,9-10,12H2,1-4H3. The average molecular weight is 321 g/mol. The summed E-state index contributed by atoms with van der Waals surface area (Å²) in [7, 11) is 0. The predicted molar refractivity (Wildman–Crippen MR) is 88.5 cm³/mol. The van der Waals surface area contributed by atoms with Gasteiger partial charge in [-0.15, -0.1) is 0 Å². The van der Waals surface area contributed by atoms with Crippen molar-refractivity contribution in [2.75, 3.05) is 19.7 Å². The number of hydrogen-bond acceptors (Lipinski definition) is 4. The first-order valence-electron chi connectivity index (χ1n) is 8.19. The molecule has 1 aromatic carbocycles. The van der Waals surface area contributed by atoms with Crippen LogP contribution in [-0.2, 0) is 4.74 Å². The van der Waals surface area contributed by atoms with E-state index >= 15 is 0 Å². The SMILES string of the molecule is CCOc1cccc(C(O)C2CCN(C(=O)OC(C)(C)C)C2)c1. The van der Waals surface area contributed by atoms with Gasteiger partial charge in [0.15, 0.2) is 0 Å². The highest BCUT2D eigenvalue weighted by Crippen LogP contribution is 2.32. The topological polar surface area (TPSA) is 59.0 Å². The van der Waals surface area contributed by atoms with E-state index in [9.17, 15) is 9.90 Å². The third kappa shape index (κ3) is 4.86. The number of aliphatic hydroxyl groups excluding tert-OH is 1. The maximum atomic E-state index is 12.1. The molecule has 1 heterocycles. The highest BCUT2D eigenvalue weighted by molar-refractivity contribution is 5.68. The Bertz CT molecular complexity index is 538. The van der Waals surface area contributed by atoms with Crippen molar-refractivity contribution in [2.24, 2.45) is 5.92 Å². The highest BCUT2D eigenvalue weighted by Gasteiger charge is 2.33. The molecule has 1 aromatic rings. The van der Waals surface area contributed by atoms with Crippen molar-refractivity contribution in [3.8, 4) is 5.75 Å². The minimum absolute atomic E-state index is 0.0133. The van der Waals surface area contributed by atoms with Crippen molar-refractivity contribution >= 4 is 6.09 Å². The first-order chi connectivity index (χ1) is 10.8. The van der Waals surface area contributed by atoms with Crippen LogP contribution < -0.4 is 4.74 Å². The van der Waals surface area contributed by atoms with Crippen LogP contribution in [0.5, 0.6) is 5.75 Å². The largest absolute Gasteiger partial charge is 0.494 e. The lowest BCUT2D eigenvalue weighted by Gasteiger charge is -2.25. The number of aliphatic hydroxyl groups is 1. The Morgan fingerprint density at radius 3 is 2.83 bits per heavy atom. The van der Waals surface area contributed by atoms with Crippen molar-refractivity contribution in [1.29, 1.82) is 0 Å². The minimum atomic E-state index is -0.608. The number of hydrogen-bond donors (Lipinski definition) is 1. The first-order valence-corrected chi connectivity index (χ1v) is 8.19. The molecule has 0 aliphatic carbocycles. The second-order valence-corrected chi connectivity index (χ2v) is 6.93. The quantitative estimate of drug-likeness (QED) is 0.923. The second kappa shape index (κ2) is 7.21. The van der Waals surface area contributed by atoms with Gasteiger partial charge >= 0.3 is 6.09 Å². The lowest BCUT2D eigenvalue weighted by molar-refractivity contribution is 0.0268. The molecular weight excluding hydrogens is 294 g/mol. The lowest BCUT2D eigenvalue weighted by Crippen LogP contribution is -2.35. The molecule has 0 aromatic heterocycles. The van der Waals surface area contributed by atoms with Crippen molar-refractivity contribution in [3.63, 3.8) is 0 Å². The van der Waals surface area contributed by atoms with E-state index < -0.39 is 11.7 Å². The fraction of sp³-hybridized carbons (Fsp3) is 0.611. The molecule has 1 amide bonds. The third-order valence-corrected chi connectivity index (χ3v) is 3.83. The predicted octanol–water partition coefficient (Wildman–Crippen LogP) is 3.38. The summed E-state index contributed by atoms with van der Waals surface area (Å²) in [5.74, 6) is 0.769. The fourth-order valence-electron chi connectivity index (χ4n) is 2.76. The van der Waals surface area contributed by atoms with Gasteiger partial charge in [0, 0.05) is 19.0 Å². The summed E-state index contributed by atoms with van der Waals surface area (Å²) in [6.07, 6.45) is -0.155. The smallest absolute Gasteiger partial charge is 0.410 e. The molecule has 0 spiro atoms. The van der Waals surface area contributed by atoms with Crippen molar-refractivity contribution in [1.82, 2.24) is 4.90 Å². The van der Waals surface area contributed by atoms with E-state index in [0.29, 0.717) is 19.7 Å². The van der Waals surface area contributed by atoms with Crippen molar-refractivity contribution in [2.45, 2.75) is 45.8 Å². The van der Waals surface area contributed by atoms with E-state index in [2.05, 4.69) is 0 Å². The molecule has 23 heavy (non-hydrogen) atoms. The molecule has 1 aliphatic heterocycles. The number of carbonyl (C=O) groups excluding carboxylic acids is 1. The molecule has 1 aliphatic rings. The summed E-state index contributed by atoms with van der Waals surface area (Å²) in [6, 6.07) is 7.51. The molecule has 1 fully saturated rings. The van der Waals surface area contributed by atoms with Gasteiger partial charge in [0.25, 0.3) is 0 Å². The monoisotopic (exact) mass is 321 g/mol. The normalized spacial score (nSPS) is 19.5. The number of nitrogens with zero attached hydrogens (tertiary/aromatic N) is 1. The third-order valence-electron chi connectivity index (χ3n) is 3.83. The van der Waals surface area contributed by atoms with Gasteiger partial charge < -0.3 is 19.5 Å². The molecule has 5 heteroatoms. The summed E-state index contributed by atoms with van der Waals surface area (Å²) in [5, 5.41) is 10.6. The van der Waals surface area contributed by atoms with E-state index in [1.165, 1.54) is 0 Å². The number of rotatable bonds is 4. The van der Waals surface area contributed by atoms with E-state index in [1.807, 2.05) is 52.0 Å². The summed E-state index contributed by atoms with van der Waals surface area (Å²) in [4.78, 5) is 13.8. The zero-order valence-corrected chi connectivity index (χ0v) is 14.4. The Hall–Kier alpha value is -1.75. The number of ether oxygens (including phenoxy) is 2. The van der Waals surface area contributed by atoms with E-state index in [4.69, 9.17) is 9.47 Å². The van der Waals surface area contributed by atoms with Crippen LogP contribution in [0.25, 0.3) is 0 Å². The van der Waals surface area contributed by atoms with Crippen LogP contribution in [0.15, 0.2) is 24.3 Å². The van der Waals surface area contributed by atoms with Gasteiger partial charge in [0.2, 0.25) is 0 Å². The Kier molecular flexibility index (Phi) is 5.52. The molecule has 128 valence electrons. The van der Waals surface area contributed by atoms with Gasteiger partial charge in [-0.25, -0.2) is 4.79 Å². The fourth-order valence-corrected chi connectivity index (χ4v) is 2.76. The van der Waals surface area contributed by atoms with Crippen LogP contribution in [0.3, 0.4) is 0 Å². The van der Waals surface area contributed by atoms with Gasteiger partial charge in [0.05, 0.1) is 12.7 Å². The van der Waals surface area contributed by atoms with Crippen LogP contribution in [0.1, 0.15) is 45.8 Å².